The number of benzene rings is 1. The van der Waals surface area contributed by atoms with Crippen molar-refractivity contribution in [2.75, 3.05) is 17.8 Å². The smallest absolute Gasteiger partial charge is 0.276 e. The van der Waals surface area contributed by atoms with Crippen LogP contribution in [0, 0.1) is 10.1 Å². The molecule has 1 aliphatic rings. The molecule has 0 unspecified atom stereocenters. The Morgan fingerprint density at radius 1 is 1.29 bits per heavy atom. The average Bonchev–Trinajstić information content (AvgIpc) is 2.92. The van der Waals surface area contributed by atoms with Crippen LogP contribution in [-0.2, 0) is 6.54 Å². The van der Waals surface area contributed by atoms with E-state index in [0.29, 0.717) is 23.9 Å². The molecule has 0 aliphatic carbocycles. The predicted octanol–water partition coefficient (Wildman–Crippen LogP) is 1.91. The Labute approximate surface area is 119 Å². The summed E-state index contributed by atoms with van der Waals surface area (Å²) in [5.74, 6) is 1.83. The van der Waals surface area contributed by atoms with Crippen molar-refractivity contribution in [1.29, 1.82) is 0 Å². The second-order valence-electron chi connectivity index (χ2n) is 4.43. The summed E-state index contributed by atoms with van der Waals surface area (Å²) in [6.07, 6.45) is 0. The third-order valence-electron chi connectivity index (χ3n) is 2.95. The minimum absolute atomic E-state index is 0.0948. The molecule has 2 aromatic rings. The van der Waals surface area contributed by atoms with E-state index in [9.17, 15) is 10.1 Å². The number of nitrogens with zero attached hydrogens (tertiary/aromatic N) is 2. The highest BCUT2D eigenvalue weighted by Gasteiger charge is 2.13. The molecule has 0 atom stereocenters. The maximum Gasteiger partial charge on any atom is 0.276 e. The highest BCUT2D eigenvalue weighted by atomic mass is 16.7. The standard InChI is InChI=1S/C13H12N4O4/c14-12-4-9(17(18)19)5-13(16-12)15-6-8-1-2-10-11(3-8)21-7-20-10/h1-5H,6-7H2,(H3,14,15,16). The van der Waals surface area contributed by atoms with E-state index in [2.05, 4.69) is 10.3 Å². The first-order valence-electron chi connectivity index (χ1n) is 6.16. The third-order valence-corrected chi connectivity index (χ3v) is 2.95. The number of nitro groups is 1. The van der Waals surface area contributed by atoms with E-state index >= 15 is 0 Å². The lowest BCUT2D eigenvalue weighted by Crippen LogP contribution is -2.04. The zero-order valence-corrected chi connectivity index (χ0v) is 10.9. The number of nitrogen functional groups attached to an aromatic ring is 1. The van der Waals surface area contributed by atoms with Crippen LogP contribution in [-0.4, -0.2) is 16.7 Å². The second-order valence-corrected chi connectivity index (χ2v) is 4.43. The van der Waals surface area contributed by atoms with Crippen LogP contribution < -0.4 is 20.5 Å². The molecular formula is C13H12N4O4. The highest BCUT2D eigenvalue weighted by Crippen LogP contribution is 2.32. The van der Waals surface area contributed by atoms with Crippen molar-refractivity contribution in [2.24, 2.45) is 0 Å². The predicted molar refractivity (Wildman–Crippen MR) is 75.2 cm³/mol. The molecule has 1 aliphatic heterocycles. The summed E-state index contributed by atoms with van der Waals surface area (Å²) in [6.45, 7) is 0.652. The average molecular weight is 288 g/mol. The summed E-state index contributed by atoms with van der Waals surface area (Å²) < 4.78 is 10.5. The molecule has 0 radical (unpaired) electrons. The van der Waals surface area contributed by atoms with Gasteiger partial charge in [-0.2, -0.15) is 0 Å². The fourth-order valence-electron chi connectivity index (χ4n) is 1.98. The Morgan fingerprint density at radius 3 is 2.90 bits per heavy atom. The summed E-state index contributed by atoms with van der Waals surface area (Å²) in [4.78, 5) is 14.3. The van der Waals surface area contributed by atoms with Crippen molar-refractivity contribution in [3.63, 3.8) is 0 Å². The number of nitrogens with two attached hydrogens (primary N) is 1. The molecule has 8 nitrogen and oxygen atoms in total. The first-order chi connectivity index (χ1) is 10.1. The number of rotatable bonds is 4. The molecule has 3 N–H and O–H groups in total. The highest BCUT2D eigenvalue weighted by molar-refractivity contribution is 5.53. The SMILES string of the molecule is Nc1cc([N+](=O)[O-])cc(NCc2ccc3c(c2)OCO3)n1. The summed E-state index contributed by atoms with van der Waals surface area (Å²) in [5, 5.41) is 13.8. The van der Waals surface area contributed by atoms with Crippen LogP contribution in [0.4, 0.5) is 17.3 Å². The molecule has 0 saturated heterocycles. The Kier molecular flexibility index (Phi) is 3.19. The molecule has 1 aromatic carbocycles. The number of hydrogen-bond acceptors (Lipinski definition) is 7. The molecule has 1 aromatic heterocycles. The molecular weight excluding hydrogens is 276 g/mol. The van der Waals surface area contributed by atoms with Gasteiger partial charge in [0.05, 0.1) is 17.1 Å². The lowest BCUT2D eigenvalue weighted by atomic mass is 10.2. The van der Waals surface area contributed by atoms with Crippen molar-refractivity contribution < 1.29 is 14.4 Å². The fourth-order valence-corrected chi connectivity index (χ4v) is 1.98. The molecule has 3 rings (SSSR count). The normalized spacial score (nSPS) is 12.2. The number of fused-ring (bicyclic) bond motifs is 1. The van der Waals surface area contributed by atoms with E-state index in [0.717, 1.165) is 5.56 Å². The molecule has 2 heterocycles. The van der Waals surface area contributed by atoms with Gasteiger partial charge in [-0.25, -0.2) is 4.98 Å². The zero-order chi connectivity index (χ0) is 14.8. The van der Waals surface area contributed by atoms with Gasteiger partial charge in [0.2, 0.25) is 6.79 Å². The van der Waals surface area contributed by atoms with Crippen LogP contribution in [0.1, 0.15) is 5.56 Å². The molecule has 108 valence electrons. The Morgan fingerprint density at radius 2 is 2.10 bits per heavy atom. The Hall–Kier alpha value is -3.03. The largest absolute Gasteiger partial charge is 0.454 e. The van der Waals surface area contributed by atoms with Gasteiger partial charge in [-0.15, -0.1) is 0 Å². The first kappa shape index (κ1) is 13.0. The van der Waals surface area contributed by atoms with Crippen LogP contribution in [0.25, 0.3) is 0 Å². The van der Waals surface area contributed by atoms with Gasteiger partial charge >= 0.3 is 0 Å². The van der Waals surface area contributed by atoms with Crippen molar-refractivity contribution in [1.82, 2.24) is 4.98 Å². The molecule has 0 bridgehead atoms. The maximum atomic E-state index is 10.8. The molecule has 8 heteroatoms. The van der Waals surface area contributed by atoms with Crippen LogP contribution in [0.3, 0.4) is 0 Å². The Bertz CT molecular complexity index is 705. The van der Waals surface area contributed by atoms with Crippen LogP contribution in [0.2, 0.25) is 0 Å². The quantitative estimate of drug-likeness (QED) is 0.652. The minimum Gasteiger partial charge on any atom is -0.454 e. The van der Waals surface area contributed by atoms with Crippen LogP contribution >= 0.6 is 0 Å². The number of anilines is 2. The van der Waals surface area contributed by atoms with Crippen molar-refractivity contribution in [3.05, 3.63) is 46.0 Å². The van der Waals surface area contributed by atoms with Gasteiger partial charge in [-0.1, -0.05) is 6.07 Å². The number of aromatic nitrogens is 1. The summed E-state index contributed by atoms with van der Waals surface area (Å²) in [7, 11) is 0. The number of hydrogen-bond donors (Lipinski definition) is 2. The second kappa shape index (κ2) is 5.16. The number of nitrogens with one attached hydrogen (secondary N) is 1. The van der Waals surface area contributed by atoms with Crippen molar-refractivity contribution >= 4 is 17.3 Å². The van der Waals surface area contributed by atoms with Crippen molar-refractivity contribution in [2.45, 2.75) is 6.54 Å². The molecule has 21 heavy (non-hydrogen) atoms. The van der Waals surface area contributed by atoms with Gasteiger partial charge in [0.25, 0.3) is 5.69 Å². The van der Waals surface area contributed by atoms with Gasteiger partial charge in [0.1, 0.15) is 11.6 Å². The molecule has 0 amide bonds. The number of ether oxygens (including phenoxy) is 2. The summed E-state index contributed by atoms with van der Waals surface area (Å²) in [6, 6.07) is 8.08. The molecule has 0 saturated carbocycles. The zero-order valence-electron chi connectivity index (χ0n) is 10.9. The van der Waals surface area contributed by atoms with Gasteiger partial charge in [-0.05, 0) is 17.7 Å². The van der Waals surface area contributed by atoms with E-state index in [1.54, 1.807) is 0 Å². The number of pyridine rings is 1. The first-order valence-corrected chi connectivity index (χ1v) is 6.16. The van der Waals surface area contributed by atoms with Crippen molar-refractivity contribution in [3.8, 4) is 11.5 Å². The minimum atomic E-state index is -0.510. The van der Waals surface area contributed by atoms with Gasteiger partial charge < -0.3 is 20.5 Å². The fraction of sp³-hybridized carbons (Fsp3) is 0.154. The van der Waals surface area contributed by atoms with E-state index in [1.165, 1.54) is 12.1 Å². The van der Waals surface area contributed by atoms with E-state index in [4.69, 9.17) is 15.2 Å². The maximum absolute atomic E-state index is 10.8. The lowest BCUT2D eigenvalue weighted by Gasteiger charge is -2.07. The third kappa shape index (κ3) is 2.78. The Balaban J connectivity index is 1.74. The van der Waals surface area contributed by atoms with E-state index in [-0.39, 0.29) is 18.3 Å². The van der Waals surface area contributed by atoms with Crippen LogP contribution in [0.5, 0.6) is 11.5 Å². The topological polar surface area (TPSA) is 113 Å². The van der Waals surface area contributed by atoms with Gasteiger partial charge in [-0.3, -0.25) is 10.1 Å². The lowest BCUT2D eigenvalue weighted by molar-refractivity contribution is -0.384. The molecule has 0 spiro atoms. The van der Waals surface area contributed by atoms with Gasteiger partial charge in [0, 0.05) is 6.54 Å². The summed E-state index contributed by atoms with van der Waals surface area (Å²) >= 11 is 0. The van der Waals surface area contributed by atoms with Crippen LogP contribution in [0.15, 0.2) is 30.3 Å². The monoisotopic (exact) mass is 288 g/mol. The van der Waals surface area contributed by atoms with E-state index < -0.39 is 4.92 Å². The van der Waals surface area contributed by atoms with E-state index in [1.807, 2.05) is 18.2 Å². The molecule has 0 fully saturated rings. The summed E-state index contributed by atoms with van der Waals surface area (Å²) in [5.41, 5.74) is 6.38. The van der Waals surface area contributed by atoms with Gasteiger partial charge in [0.15, 0.2) is 11.5 Å².